The molecule has 0 atom stereocenters. The SMILES string of the molecule is CCN1C(=O)/C(=C/c2cc(OC)c(OCc3ccccc3Cl)cc2Br)SC1=Nc1ccc(C(=O)O)cc1. The van der Waals surface area contributed by atoms with Gasteiger partial charge in [0.15, 0.2) is 16.7 Å². The molecular weight excluding hydrogens is 580 g/mol. The predicted molar refractivity (Wildman–Crippen MR) is 150 cm³/mol. The average Bonchev–Trinajstić information content (AvgIpc) is 3.18. The Labute approximate surface area is 231 Å². The number of amides is 1. The summed E-state index contributed by atoms with van der Waals surface area (Å²) in [7, 11) is 1.55. The highest BCUT2D eigenvalue weighted by Gasteiger charge is 2.32. The Balaban J connectivity index is 1.59. The van der Waals surface area contributed by atoms with Crippen molar-refractivity contribution in [3.63, 3.8) is 0 Å². The molecule has 1 saturated heterocycles. The van der Waals surface area contributed by atoms with Crippen molar-refractivity contribution in [3.05, 3.63) is 91.8 Å². The number of hydrogen-bond donors (Lipinski definition) is 1. The number of thioether (sulfide) groups is 1. The molecule has 3 aromatic rings. The van der Waals surface area contributed by atoms with E-state index in [0.717, 1.165) is 15.6 Å². The number of likely N-dealkylation sites (N-methyl/N-ethyl adjacent to an activating group) is 1. The van der Waals surface area contributed by atoms with Crippen LogP contribution >= 0.6 is 39.3 Å². The molecule has 0 aliphatic carbocycles. The van der Waals surface area contributed by atoms with Gasteiger partial charge in [0.2, 0.25) is 0 Å². The molecule has 0 aromatic heterocycles. The Morgan fingerprint density at radius 1 is 1.16 bits per heavy atom. The number of hydrogen-bond acceptors (Lipinski definition) is 6. The van der Waals surface area contributed by atoms with Gasteiger partial charge in [-0.2, -0.15) is 0 Å². The molecular formula is C27H22BrClN2O5S. The van der Waals surface area contributed by atoms with Gasteiger partial charge in [-0.15, -0.1) is 0 Å². The molecule has 1 N–H and O–H groups in total. The molecule has 0 spiro atoms. The molecule has 0 saturated carbocycles. The van der Waals surface area contributed by atoms with Crippen molar-refractivity contribution in [1.82, 2.24) is 4.90 Å². The van der Waals surface area contributed by atoms with E-state index in [2.05, 4.69) is 20.9 Å². The van der Waals surface area contributed by atoms with Crippen LogP contribution in [0.4, 0.5) is 5.69 Å². The van der Waals surface area contributed by atoms with Crippen molar-refractivity contribution >= 4 is 68.1 Å². The molecule has 37 heavy (non-hydrogen) atoms. The van der Waals surface area contributed by atoms with E-state index in [1.54, 1.807) is 48.4 Å². The molecule has 190 valence electrons. The van der Waals surface area contributed by atoms with Crippen LogP contribution < -0.4 is 9.47 Å². The lowest BCUT2D eigenvalue weighted by molar-refractivity contribution is -0.122. The lowest BCUT2D eigenvalue weighted by Crippen LogP contribution is -2.28. The summed E-state index contributed by atoms with van der Waals surface area (Å²) >= 11 is 11.1. The van der Waals surface area contributed by atoms with Crippen LogP contribution in [0, 0.1) is 0 Å². The summed E-state index contributed by atoms with van der Waals surface area (Å²) in [5.74, 6) is -0.133. The summed E-state index contributed by atoms with van der Waals surface area (Å²) in [5.41, 5.74) is 2.32. The van der Waals surface area contributed by atoms with Gasteiger partial charge in [0.05, 0.1) is 23.3 Å². The second-order valence-electron chi connectivity index (χ2n) is 7.81. The lowest BCUT2D eigenvalue weighted by Gasteiger charge is -2.14. The van der Waals surface area contributed by atoms with E-state index < -0.39 is 5.97 Å². The van der Waals surface area contributed by atoms with Crippen LogP contribution in [0.1, 0.15) is 28.4 Å². The number of ether oxygens (including phenoxy) is 2. The maximum absolute atomic E-state index is 13.1. The van der Waals surface area contributed by atoms with E-state index in [9.17, 15) is 9.59 Å². The van der Waals surface area contributed by atoms with Crippen molar-refractivity contribution in [1.29, 1.82) is 0 Å². The van der Waals surface area contributed by atoms with Gasteiger partial charge in [-0.3, -0.25) is 9.69 Å². The first-order valence-electron chi connectivity index (χ1n) is 11.2. The predicted octanol–water partition coefficient (Wildman–Crippen LogP) is 7.01. The number of methoxy groups -OCH3 is 1. The van der Waals surface area contributed by atoms with Crippen LogP contribution in [0.15, 0.2) is 75.0 Å². The summed E-state index contributed by atoms with van der Waals surface area (Å²) in [4.78, 5) is 30.8. The number of aromatic carboxylic acids is 1. The number of benzene rings is 3. The van der Waals surface area contributed by atoms with Gasteiger partial charge in [0.25, 0.3) is 5.91 Å². The highest BCUT2D eigenvalue weighted by Crippen LogP contribution is 2.39. The molecule has 0 radical (unpaired) electrons. The number of carbonyl (C=O) groups is 2. The van der Waals surface area contributed by atoms with E-state index in [1.807, 2.05) is 25.1 Å². The third-order valence-electron chi connectivity index (χ3n) is 5.45. The van der Waals surface area contributed by atoms with Crippen molar-refractivity contribution in [3.8, 4) is 11.5 Å². The Bertz CT molecular complexity index is 1410. The van der Waals surface area contributed by atoms with Crippen molar-refractivity contribution in [2.75, 3.05) is 13.7 Å². The molecule has 0 bridgehead atoms. The standard InChI is InChI=1S/C27H22BrClN2O5S/c1-3-31-25(32)24(37-27(31)30-19-10-8-16(9-11-19)26(33)34)13-18-12-22(35-2)23(14-20(18)28)36-15-17-6-4-5-7-21(17)29/h4-14H,3,15H2,1-2H3,(H,33,34)/b24-13-,30-27?. The molecule has 1 aliphatic rings. The summed E-state index contributed by atoms with van der Waals surface area (Å²) < 4.78 is 12.2. The highest BCUT2D eigenvalue weighted by atomic mass is 79.9. The Morgan fingerprint density at radius 2 is 1.89 bits per heavy atom. The van der Waals surface area contributed by atoms with Crippen LogP contribution in [-0.4, -0.2) is 40.7 Å². The molecule has 0 unspecified atom stereocenters. The average molecular weight is 602 g/mol. The maximum Gasteiger partial charge on any atom is 0.335 e. The van der Waals surface area contributed by atoms with E-state index in [1.165, 1.54) is 23.9 Å². The summed E-state index contributed by atoms with van der Waals surface area (Å²) in [6, 6.07) is 17.2. The second-order valence-corrected chi connectivity index (χ2v) is 10.1. The van der Waals surface area contributed by atoms with Crippen LogP contribution in [0.25, 0.3) is 6.08 Å². The summed E-state index contributed by atoms with van der Waals surface area (Å²) in [6.07, 6.45) is 1.77. The number of rotatable bonds is 8. The minimum absolute atomic E-state index is 0.168. The third kappa shape index (κ3) is 6.18. The number of carboxylic acid groups (broad SMARTS) is 1. The van der Waals surface area contributed by atoms with Gasteiger partial charge in [-0.05, 0) is 72.8 Å². The Morgan fingerprint density at radius 3 is 2.54 bits per heavy atom. The minimum Gasteiger partial charge on any atom is -0.493 e. The van der Waals surface area contributed by atoms with Gasteiger partial charge >= 0.3 is 5.97 Å². The third-order valence-corrected chi connectivity index (χ3v) is 7.52. The smallest absolute Gasteiger partial charge is 0.335 e. The topological polar surface area (TPSA) is 88.4 Å². The van der Waals surface area contributed by atoms with E-state index >= 15 is 0 Å². The largest absolute Gasteiger partial charge is 0.493 e. The van der Waals surface area contributed by atoms with E-state index in [0.29, 0.717) is 38.8 Å². The molecule has 1 aliphatic heterocycles. The van der Waals surface area contributed by atoms with Crippen LogP contribution in [0.3, 0.4) is 0 Å². The first-order chi connectivity index (χ1) is 17.8. The number of amidine groups is 1. The number of carbonyl (C=O) groups excluding carboxylic acids is 1. The van der Waals surface area contributed by atoms with Crippen LogP contribution in [-0.2, 0) is 11.4 Å². The molecule has 1 heterocycles. The van der Waals surface area contributed by atoms with Crippen molar-refractivity contribution in [2.45, 2.75) is 13.5 Å². The van der Waals surface area contributed by atoms with Gasteiger partial charge in [-0.25, -0.2) is 9.79 Å². The van der Waals surface area contributed by atoms with Crippen LogP contribution in [0.2, 0.25) is 5.02 Å². The number of aliphatic imine (C=N–C) groups is 1. The zero-order valence-electron chi connectivity index (χ0n) is 19.9. The maximum atomic E-state index is 13.1. The summed E-state index contributed by atoms with van der Waals surface area (Å²) in [5, 5.41) is 10.2. The monoisotopic (exact) mass is 600 g/mol. The molecule has 3 aromatic carbocycles. The van der Waals surface area contributed by atoms with Gasteiger partial charge in [-0.1, -0.05) is 45.7 Å². The second kappa shape index (κ2) is 11.9. The number of halogens is 2. The van der Waals surface area contributed by atoms with Gasteiger partial charge in [0.1, 0.15) is 6.61 Å². The number of nitrogens with zero attached hydrogens (tertiary/aromatic N) is 2. The van der Waals surface area contributed by atoms with Gasteiger partial charge < -0.3 is 14.6 Å². The quantitative estimate of drug-likeness (QED) is 0.279. The minimum atomic E-state index is -1.01. The van der Waals surface area contributed by atoms with E-state index in [4.69, 9.17) is 26.2 Å². The fourth-order valence-corrected chi connectivity index (χ4v) is 5.19. The fourth-order valence-electron chi connectivity index (χ4n) is 3.51. The van der Waals surface area contributed by atoms with Gasteiger partial charge in [0, 0.05) is 21.6 Å². The molecule has 1 fully saturated rings. The van der Waals surface area contributed by atoms with E-state index in [-0.39, 0.29) is 18.1 Å². The Hall–Kier alpha value is -3.27. The fraction of sp³-hybridized carbons (Fsp3) is 0.148. The molecule has 7 nitrogen and oxygen atoms in total. The highest BCUT2D eigenvalue weighted by molar-refractivity contribution is 9.10. The Kier molecular flexibility index (Phi) is 8.58. The molecule has 10 heteroatoms. The van der Waals surface area contributed by atoms with Crippen molar-refractivity contribution in [2.24, 2.45) is 4.99 Å². The number of carboxylic acids is 1. The molecule has 4 rings (SSSR count). The van der Waals surface area contributed by atoms with Crippen LogP contribution in [0.5, 0.6) is 11.5 Å². The van der Waals surface area contributed by atoms with Crippen molar-refractivity contribution < 1.29 is 24.2 Å². The zero-order valence-corrected chi connectivity index (χ0v) is 23.1. The summed E-state index contributed by atoms with van der Waals surface area (Å²) in [6.45, 7) is 2.58. The first kappa shape index (κ1) is 26.8. The zero-order chi connectivity index (χ0) is 26.5. The lowest BCUT2D eigenvalue weighted by atomic mass is 10.1. The first-order valence-corrected chi connectivity index (χ1v) is 13.2. The molecule has 1 amide bonds. The normalized spacial score (nSPS) is 15.5.